The number of quaternary nitrogens is 1. The van der Waals surface area contributed by atoms with Gasteiger partial charge < -0.3 is 14.4 Å². The third-order valence-electron chi connectivity index (χ3n) is 5.23. The summed E-state index contributed by atoms with van der Waals surface area (Å²) in [5, 5.41) is 15.2. The van der Waals surface area contributed by atoms with Crippen LogP contribution in [0.1, 0.15) is 22.5 Å². The highest BCUT2D eigenvalue weighted by Crippen LogP contribution is 2.21. The second-order valence-electron chi connectivity index (χ2n) is 7.48. The number of hydrogen-bond acceptors (Lipinski definition) is 4. The van der Waals surface area contributed by atoms with Gasteiger partial charge >= 0.3 is 5.63 Å². The Morgan fingerprint density at radius 3 is 2.59 bits per heavy atom. The number of phenolic OH excluding ortho intramolecular Hbond substituents is 1. The first-order valence-corrected chi connectivity index (χ1v) is 9.60. The Bertz CT molecular complexity index is 1230. The second-order valence-corrected chi connectivity index (χ2v) is 7.48. The summed E-state index contributed by atoms with van der Waals surface area (Å²) < 4.78 is 7.21. The maximum absolute atomic E-state index is 12.0. The molecule has 2 aromatic heterocycles. The summed E-state index contributed by atoms with van der Waals surface area (Å²) in [7, 11) is 2.10. The molecule has 2 N–H and O–H groups in total. The Kier molecular flexibility index (Phi) is 4.94. The van der Waals surface area contributed by atoms with Crippen molar-refractivity contribution in [2.45, 2.75) is 26.9 Å². The number of aromatic nitrogens is 2. The van der Waals surface area contributed by atoms with Crippen LogP contribution in [0.4, 0.5) is 0 Å². The van der Waals surface area contributed by atoms with Gasteiger partial charge in [-0.05, 0) is 38.1 Å². The van der Waals surface area contributed by atoms with E-state index in [-0.39, 0.29) is 5.75 Å². The van der Waals surface area contributed by atoms with Gasteiger partial charge in [-0.25, -0.2) is 9.48 Å². The summed E-state index contributed by atoms with van der Waals surface area (Å²) in [6.07, 6.45) is 0. The molecule has 0 amide bonds. The fourth-order valence-electron chi connectivity index (χ4n) is 3.81. The van der Waals surface area contributed by atoms with E-state index < -0.39 is 5.63 Å². The van der Waals surface area contributed by atoms with Crippen LogP contribution in [-0.4, -0.2) is 21.9 Å². The Labute approximate surface area is 168 Å². The molecule has 0 aliphatic rings. The van der Waals surface area contributed by atoms with Crippen molar-refractivity contribution in [3.8, 4) is 11.4 Å². The van der Waals surface area contributed by atoms with Crippen molar-refractivity contribution >= 4 is 11.0 Å². The summed E-state index contributed by atoms with van der Waals surface area (Å²) in [4.78, 5) is 13.2. The van der Waals surface area contributed by atoms with Crippen LogP contribution in [0.2, 0.25) is 0 Å². The van der Waals surface area contributed by atoms with Crippen molar-refractivity contribution in [3.63, 3.8) is 0 Å². The number of para-hydroxylation sites is 1. The van der Waals surface area contributed by atoms with Gasteiger partial charge in [-0.3, -0.25) is 0 Å². The molecule has 1 atom stereocenters. The van der Waals surface area contributed by atoms with Crippen LogP contribution >= 0.6 is 0 Å². The minimum atomic E-state index is -0.407. The summed E-state index contributed by atoms with van der Waals surface area (Å²) in [5.41, 5.74) is 5.28. The van der Waals surface area contributed by atoms with E-state index in [0.717, 1.165) is 34.6 Å². The van der Waals surface area contributed by atoms with Crippen LogP contribution in [0.25, 0.3) is 16.7 Å². The van der Waals surface area contributed by atoms with Gasteiger partial charge in [0.15, 0.2) is 0 Å². The molecule has 0 aliphatic carbocycles. The smallest absolute Gasteiger partial charge is 0.336 e. The van der Waals surface area contributed by atoms with Crippen molar-refractivity contribution in [1.82, 2.24) is 9.78 Å². The Balaban J connectivity index is 1.62. The molecule has 4 aromatic rings. The molecule has 0 bridgehead atoms. The molecule has 148 valence electrons. The molecule has 0 aliphatic heterocycles. The van der Waals surface area contributed by atoms with E-state index in [1.54, 1.807) is 12.1 Å². The third kappa shape index (κ3) is 3.79. The topological polar surface area (TPSA) is 72.7 Å². The molecule has 0 fully saturated rings. The predicted octanol–water partition coefficient (Wildman–Crippen LogP) is 2.52. The van der Waals surface area contributed by atoms with Gasteiger partial charge in [0, 0.05) is 23.1 Å². The normalized spacial score (nSPS) is 12.4. The zero-order valence-corrected chi connectivity index (χ0v) is 16.8. The zero-order chi connectivity index (χ0) is 20.5. The van der Waals surface area contributed by atoms with Gasteiger partial charge in [0.1, 0.15) is 24.4 Å². The van der Waals surface area contributed by atoms with Gasteiger partial charge in [-0.15, -0.1) is 0 Å². The zero-order valence-electron chi connectivity index (χ0n) is 16.8. The molecule has 0 saturated heterocycles. The van der Waals surface area contributed by atoms with E-state index in [2.05, 4.69) is 14.0 Å². The standard InChI is InChI=1S/C23H23N3O3/c1-15-21(16(2)26(24-15)18-7-5-4-6-8-18)14-25(3)13-17-11-23(28)29-22-12-19(27)9-10-20(17)22/h4-12,27H,13-14H2,1-3H3/p+1. The fraction of sp³-hybridized carbons (Fsp3) is 0.217. The minimum Gasteiger partial charge on any atom is -0.508 e. The lowest BCUT2D eigenvalue weighted by molar-refractivity contribution is -0.907. The molecule has 6 nitrogen and oxygen atoms in total. The third-order valence-corrected chi connectivity index (χ3v) is 5.23. The number of phenols is 1. The van der Waals surface area contributed by atoms with E-state index in [1.165, 1.54) is 22.6 Å². The highest BCUT2D eigenvalue weighted by atomic mass is 16.4. The maximum Gasteiger partial charge on any atom is 0.336 e. The molecule has 6 heteroatoms. The van der Waals surface area contributed by atoms with E-state index in [9.17, 15) is 9.90 Å². The first kappa shape index (κ1) is 19.0. The van der Waals surface area contributed by atoms with E-state index in [1.807, 2.05) is 41.9 Å². The van der Waals surface area contributed by atoms with Crippen molar-refractivity contribution < 1.29 is 14.4 Å². The van der Waals surface area contributed by atoms with Crippen LogP contribution in [0.5, 0.6) is 5.75 Å². The van der Waals surface area contributed by atoms with Gasteiger partial charge in [-0.1, -0.05) is 18.2 Å². The number of benzene rings is 2. The lowest BCUT2D eigenvalue weighted by Crippen LogP contribution is -3.06. The lowest BCUT2D eigenvalue weighted by Gasteiger charge is -2.15. The molecule has 2 heterocycles. The van der Waals surface area contributed by atoms with Crippen molar-refractivity contribution in [3.05, 3.63) is 87.5 Å². The molecule has 1 unspecified atom stereocenters. The van der Waals surface area contributed by atoms with Crippen LogP contribution in [0, 0.1) is 13.8 Å². The number of aryl methyl sites for hydroxylation is 1. The number of fused-ring (bicyclic) bond motifs is 1. The molecule has 29 heavy (non-hydrogen) atoms. The SMILES string of the molecule is Cc1nn(-c2ccccc2)c(C)c1C[NH+](C)Cc1cc(=O)oc2cc(O)ccc12. The number of nitrogens with zero attached hydrogens (tertiary/aromatic N) is 2. The number of rotatable bonds is 5. The summed E-state index contributed by atoms with van der Waals surface area (Å²) in [6, 6.07) is 16.5. The monoisotopic (exact) mass is 390 g/mol. The average Bonchev–Trinajstić information content (AvgIpc) is 2.96. The summed E-state index contributed by atoms with van der Waals surface area (Å²) in [5.74, 6) is 0.0816. The lowest BCUT2D eigenvalue weighted by atomic mass is 10.1. The predicted molar refractivity (Wildman–Crippen MR) is 111 cm³/mol. The van der Waals surface area contributed by atoms with E-state index in [4.69, 9.17) is 9.52 Å². The minimum absolute atomic E-state index is 0.0816. The van der Waals surface area contributed by atoms with E-state index in [0.29, 0.717) is 12.1 Å². The first-order valence-electron chi connectivity index (χ1n) is 9.60. The van der Waals surface area contributed by atoms with Crippen LogP contribution in [-0.2, 0) is 13.1 Å². The quantitative estimate of drug-likeness (QED) is 0.514. The highest BCUT2D eigenvalue weighted by Gasteiger charge is 2.18. The molecule has 2 aromatic carbocycles. The largest absolute Gasteiger partial charge is 0.508 e. The molecule has 0 saturated carbocycles. The Morgan fingerprint density at radius 1 is 1.07 bits per heavy atom. The molecule has 0 spiro atoms. The Morgan fingerprint density at radius 2 is 1.83 bits per heavy atom. The van der Waals surface area contributed by atoms with Gasteiger partial charge in [0.25, 0.3) is 0 Å². The molecular weight excluding hydrogens is 366 g/mol. The molecular formula is C23H24N3O3+. The van der Waals surface area contributed by atoms with Crippen LogP contribution in [0.3, 0.4) is 0 Å². The second kappa shape index (κ2) is 7.56. The van der Waals surface area contributed by atoms with Crippen molar-refractivity contribution in [1.29, 1.82) is 0 Å². The fourth-order valence-corrected chi connectivity index (χ4v) is 3.81. The van der Waals surface area contributed by atoms with Crippen molar-refractivity contribution in [2.24, 2.45) is 0 Å². The summed E-state index contributed by atoms with van der Waals surface area (Å²) in [6.45, 7) is 5.56. The van der Waals surface area contributed by atoms with E-state index >= 15 is 0 Å². The molecule has 4 rings (SSSR count). The van der Waals surface area contributed by atoms with Gasteiger partial charge in [0.2, 0.25) is 0 Å². The van der Waals surface area contributed by atoms with Gasteiger partial charge in [0.05, 0.1) is 29.7 Å². The van der Waals surface area contributed by atoms with Gasteiger partial charge in [-0.2, -0.15) is 5.10 Å². The number of aromatic hydroxyl groups is 1. The summed E-state index contributed by atoms with van der Waals surface area (Å²) >= 11 is 0. The maximum atomic E-state index is 12.0. The van der Waals surface area contributed by atoms with Crippen LogP contribution in [0.15, 0.2) is 63.8 Å². The average molecular weight is 390 g/mol. The first-order chi connectivity index (χ1) is 13.9. The Hall–Kier alpha value is -3.38. The van der Waals surface area contributed by atoms with Crippen molar-refractivity contribution in [2.75, 3.05) is 7.05 Å². The number of hydrogen-bond donors (Lipinski definition) is 2. The molecule has 0 radical (unpaired) electrons. The highest BCUT2D eigenvalue weighted by molar-refractivity contribution is 5.81. The van der Waals surface area contributed by atoms with Crippen LogP contribution < -0.4 is 10.5 Å². The number of nitrogens with one attached hydrogen (secondary N) is 1.